The molecule has 1 aliphatic rings. The molecule has 3 aromatic carbocycles. The van der Waals surface area contributed by atoms with Gasteiger partial charge in [0.05, 0.1) is 19.3 Å². The summed E-state index contributed by atoms with van der Waals surface area (Å²) in [5, 5.41) is 8.53. The summed E-state index contributed by atoms with van der Waals surface area (Å²) in [4.78, 5) is 4.90. The molecule has 0 aromatic heterocycles. The van der Waals surface area contributed by atoms with E-state index in [2.05, 4.69) is 6.07 Å². The Hall–Kier alpha value is -2.76. The number of fused-ring (bicyclic) bond motifs is 1. The van der Waals surface area contributed by atoms with Crippen LogP contribution in [0.5, 0.6) is 5.75 Å². The Morgan fingerprint density at radius 3 is 2.38 bits per heavy atom. The Morgan fingerprint density at radius 1 is 0.966 bits per heavy atom. The third-order valence-corrected chi connectivity index (χ3v) is 5.53. The molecule has 0 saturated heterocycles. The Morgan fingerprint density at radius 2 is 1.69 bits per heavy atom. The van der Waals surface area contributed by atoms with E-state index in [1.54, 1.807) is 18.9 Å². The number of amidine groups is 1. The van der Waals surface area contributed by atoms with Crippen LogP contribution in [0.3, 0.4) is 0 Å². The van der Waals surface area contributed by atoms with Gasteiger partial charge in [-0.1, -0.05) is 65.8 Å². The molecule has 3 aromatic rings. The van der Waals surface area contributed by atoms with Gasteiger partial charge in [0.1, 0.15) is 11.5 Å². The van der Waals surface area contributed by atoms with E-state index in [1.807, 2.05) is 78.0 Å². The van der Waals surface area contributed by atoms with Gasteiger partial charge in [-0.15, -0.1) is 0 Å². The molecule has 0 bridgehead atoms. The largest absolute Gasteiger partial charge is 0.497 e. The minimum absolute atomic E-state index is 0.606. The lowest BCUT2D eigenvalue weighted by molar-refractivity contribution is 0.413. The maximum Gasteiger partial charge on any atom is 0.185 e. The zero-order chi connectivity index (χ0) is 20.2. The second-order valence-electron chi connectivity index (χ2n) is 6.48. The first-order valence-electron chi connectivity index (χ1n) is 9.15. The van der Waals surface area contributed by atoms with Crippen molar-refractivity contribution < 1.29 is 4.74 Å². The molecule has 0 N–H and O–H groups in total. The third-order valence-electron chi connectivity index (χ3n) is 4.61. The van der Waals surface area contributed by atoms with E-state index in [9.17, 15) is 0 Å². The summed E-state index contributed by atoms with van der Waals surface area (Å²) in [6.07, 6.45) is 2.02. The molecule has 0 atom stereocenters. The minimum Gasteiger partial charge on any atom is -0.497 e. The fourth-order valence-corrected chi connectivity index (χ4v) is 3.76. The van der Waals surface area contributed by atoms with Gasteiger partial charge < -0.3 is 4.74 Å². The molecule has 1 aliphatic heterocycles. The zero-order valence-electron chi connectivity index (χ0n) is 16.2. The summed E-state index contributed by atoms with van der Waals surface area (Å²) in [5.41, 5.74) is 4.90. The predicted octanol–water partition coefficient (Wildman–Crippen LogP) is 5.97. The average Bonchev–Trinajstić information content (AvgIpc) is 2.92. The SMILES string of the molecule is COc1ccc(CN2N=C(c3ccc(Cl)cc3)c3ccccc3N=C2SC)cc1. The maximum absolute atomic E-state index is 6.10. The standard InChI is InChI=1S/C23H20ClN3OS/c1-28-19-13-7-16(8-14-19)15-27-23(29-2)25-21-6-4-3-5-20(21)22(26-27)17-9-11-18(24)12-10-17/h3-14H,15H2,1-2H3. The fraction of sp³-hybridized carbons (Fsp3) is 0.130. The molecule has 0 unspecified atom stereocenters. The monoisotopic (exact) mass is 421 g/mol. The van der Waals surface area contributed by atoms with Crippen molar-refractivity contribution in [3.05, 3.63) is 94.5 Å². The summed E-state index contributed by atoms with van der Waals surface area (Å²) < 4.78 is 5.27. The number of nitrogens with zero attached hydrogens (tertiary/aromatic N) is 3. The predicted molar refractivity (Wildman–Crippen MR) is 123 cm³/mol. The molecule has 0 aliphatic carbocycles. The van der Waals surface area contributed by atoms with Gasteiger partial charge in [0, 0.05) is 16.1 Å². The molecular weight excluding hydrogens is 402 g/mol. The number of thioether (sulfide) groups is 1. The molecule has 1 heterocycles. The second kappa shape index (κ2) is 8.72. The third kappa shape index (κ3) is 4.31. The van der Waals surface area contributed by atoms with Crippen molar-refractivity contribution in [2.45, 2.75) is 6.54 Å². The van der Waals surface area contributed by atoms with Crippen molar-refractivity contribution in [2.24, 2.45) is 10.1 Å². The van der Waals surface area contributed by atoms with Crippen molar-refractivity contribution in [1.29, 1.82) is 0 Å². The average molecular weight is 422 g/mol. The topological polar surface area (TPSA) is 37.2 Å². The second-order valence-corrected chi connectivity index (χ2v) is 7.69. The number of hydrogen-bond acceptors (Lipinski definition) is 5. The van der Waals surface area contributed by atoms with E-state index in [-0.39, 0.29) is 0 Å². The molecule has 4 nitrogen and oxygen atoms in total. The van der Waals surface area contributed by atoms with Gasteiger partial charge in [-0.25, -0.2) is 10.0 Å². The number of benzene rings is 3. The first kappa shape index (κ1) is 19.6. The lowest BCUT2D eigenvalue weighted by Crippen LogP contribution is -2.23. The highest BCUT2D eigenvalue weighted by molar-refractivity contribution is 8.13. The Balaban J connectivity index is 1.80. The van der Waals surface area contributed by atoms with Crippen LogP contribution in [0.25, 0.3) is 0 Å². The molecule has 146 valence electrons. The Labute approximate surface area is 179 Å². The van der Waals surface area contributed by atoms with Gasteiger partial charge in [-0.05, 0) is 42.2 Å². The molecular formula is C23H20ClN3OS. The summed E-state index contributed by atoms with van der Waals surface area (Å²) in [6.45, 7) is 0.606. The van der Waals surface area contributed by atoms with Crippen molar-refractivity contribution in [1.82, 2.24) is 5.01 Å². The fourth-order valence-electron chi connectivity index (χ4n) is 3.13. The number of hydrazone groups is 1. The Bertz CT molecular complexity index is 1060. The summed E-state index contributed by atoms with van der Waals surface area (Å²) >= 11 is 7.68. The first-order valence-corrected chi connectivity index (χ1v) is 10.8. The van der Waals surface area contributed by atoms with Crippen LogP contribution in [0, 0.1) is 0 Å². The molecule has 29 heavy (non-hydrogen) atoms. The van der Waals surface area contributed by atoms with E-state index in [4.69, 9.17) is 26.4 Å². The number of methoxy groups -OCH3 is 1. The summed E-state index contributed by atoms with van der Waals surface area (Å²) in [6, 6.07) is 23.9. The number of rotatable bonds is 4. The van der Waals surface area contributed by atoms with Gasteiger partial charge >= 0.3 is 0 Å². The van der Waals surface area contributed by atoms with Crippen LogP contribution in [0.1, 0.15) is 16.7 Å². The zero-order valence-corrected chi connectivity index (χ0v) is 17.7. The van der Waals surface area contributed by atoms with Crippen molar-refractivity contribution in [2.75, 3.05) is 13.4 Å². The minimum atomic E-state index is 0.606. The number of aliphatic imine (C=N–C) groups is 1. The van der Waals surface area contributed by atoms with Crippen LogP contribution >= 0.6 is 23.4 Å². The van der Waals surface area contributed by atoms with Crippen LogP contribution in [-0.4, -0.2) is 29.3 Å². The van der Waals surface area contributed by atoms with Crippen LogP contribution in [0.15, 0.2) is 82.9 Å². The van der Waals surface area contributed by atoms with Crippen LogP contribution in [0.2, 0.25) is 5.02 Å². The quantitative estimate of drug-likeness (QED) is 0.521. The van der Waals surface area contributed by atoms with Gasteiger partial charge in [-0.2, -0.15) is 5.10 Å². The van der Waals surface area contributed by atoms with Crippen LogP contribution in [0.4, 0.5) is 5.69 Å². The van der Waals surface area contributed by atoms with E-state index < -0.39 is 0 Å². The number of hydrogen-bond donors (Lipinski definition) is 0. The van der Waals surface area contributed by atoms with Gasteiger partial charge in [0.15, 0.2) is 5.17 Å². The highest BCUT2D eigenvalue weighted by atomic mass is 35.5. The van der Waals surface area contributed by atoms with E-state index in [0.29, 0.717) is 11.6 Å². The molecule has 6 heteroatoms. The van der Waals surface area contributed by atoms with Gasteiger partial charge in [0.25, 0.3) is 0 Å². The molecule has 4 rings (SSSR count). The smallest absolute Gasteiger partial charge is 0.185 e. The van der Waals surface area contributed by atoms with Gasteiger partial charge in [-0.3, -0.25) is 0 Å². The van der Waals surface area contributed by atoms with Crippen molar-refractivity contribution in [3.8, 4) is 5.75 Å². The molecule has 0 amide bonds. The lowest BCUT2D eigenvalue weighted by Gasteiger charge is -2.20. The van der Waals surface area contributed by atoms with E-state index in [0.717, 1.165) is 39.0 Å². The number of halogens is 1. The lowest BCUT2D eigenvalue weighted by atomic mass is 10.0. The normalized spacial score (nSPS) is 13.3. The summed E-state index contributed by atoms with van der Waals surface area (Å²) in [7, 11) is 1.67. The summed E-state index contributed by atoms with van der Waals surface area (Å²) in [5.74, 6) is 0.834. The first-order chi connectivity index (χ1) is 14.2. The van der Waals surface area contributed by atoms with Gasteiger partial charge in [0.2, 0.25) is 0 Å². The van der Waals surface area contributed by atoms with Crippen molar-refractivity contribution in [3.63, 3.8) is 0 Å². The highest BCUT2D eigenvalue weighted by Gasteiger charge is 2.21. The Kier molecular flexibility index (Phi) is 5.88. The van der Waals surface area contributed by atoms with Crippen molar-refractivity contribution >= 4 is 39.9 Å². The maximum atomic E-state index is 6.10. The molecule has 0 saturated carbocycles. The van der Waals surface area contributed by atoms with Crippen LogP contribution in [-0.2, 0) is 6.54 Å². The van der Waals surface area contributed by atoms with E-state index in [1.165, 1.54) is 0 Å². The van der Waals surface area contributed by atoms with E-state index >= 15 is 0 Å². The molecule has 0 radical (unpaired) electrons. The molecule has 0 spiro atoms. The number of ether oxygens (including phenoxy) is 1. The van der Waals surface area contributed by atoms with Crippen LogP contribution < -0.4 is 4.74 Å². The highest BCUT2D eigenvalue weighted by Crippen LogP contribution is 2.29. The molecule has 0 fully saturated rings. The number of para-hydroxylation sites is 1.